The van der Waals surface area contributed by atoms with E-state index in [-0.39, 0.29) is 22.8 Å². The summed E-state index contributed by atoms with van der Waals surface area (Å²) in [6, 6.07) is 11.5. The summed E-state index contributed by atoms with van der Waals surface area (Å²) in [5, 5.41) is 2.80. The van der Waals surface area contributed by atoms with Crippen molar-refractivity contribution in [1.29, 1.82) is 0 Å². The molecule has 0 heterocycles. The van der Waals surface area contributed by atoms with Crippen LogP contribution in [0.3, 0.4) is 0 Å². The lowest BCUT2D eigenvalue weighted by Crippen LogP contribution is -2.35. The first-order valence-corrected chi connectivity index (χ1v) is 10.5. The molecule has 28 heavy (non-hydrogen) atoms. The molecule has 2 rings (SSSR count). The maximum atomic E-state index is 12.6. The summed E-state index contributed by atoms with van der Waals surface area (Å²) in [4.78, 5) is 11.9. The minimum absolute atomic E-state index is 0.00545. The highest BCUT2D eigenvalue weighted by Crippen LogP contribution is 2.21. The average Bonchev–Trinajstić information content (AvgIpc) is 2.56. The fourth-order valence-corrected chi connectivity index (χ4v) is 3.57. The molecule has 0 aromatic heterocycles. The average molecular weight is 405 g/mol. The van der Waals surface area contributed by atoms with Crippen molar-refractivity contribution in [2.24, 2.45) is 5.41 Å². The van der Waals surface area contributed by atoms with Gasteiger partial charge >= 0.3 is 0 Å². The van der Waals surface area contributed by atoms with Gasteiger partial charge in [0.15, 0.2) is 6.61 Å². The lowest BCUT2D eigenvalue weighted by atomic mass is 9.97. The van der Waals surface area contributed by atoms with Crippen LogP contribution in [0.15, 0.2) is 47.4 Å². The summed E-state index contributed by atoms with van der Waals surface area (Å²) in [5.41, 5.74) is 2.47. The summed E-state index contributed by atoms with van der Waals surface area (Å²) in [5.74, 6) is 0.208. The van der Waals surface area contributed by atoms with Gasteiger partial charge in [-0.25, -0.2) is 8.42 Å². The molecule has 0 unspecified atom stereocenters. The molecular formula is C21H28N2O4S. The summed E-state index contributed by atoms with van der Waals surface area (Å²) < 4.78 is 33.1. The Kier molecular flexibility index (Phi) is 6.72. The standard InChI is InChI=1S/C21H28N2O4S/c1-15-10-16(2)12-17(11-15)23-28(25,26)19-8-6-18(7-9-19)27-13-20(24)22-14-21(3,4)5/h6-12,23H,13-14H2,1-5H3,(H,22,24). The SMILES string of the molecule is Cc1cc(C)cc(NS(=O)(=O)c2ccc(OCC(=O)NCC(C)(C)C)cc2)c1. The summed E-state index contributed by atoms with van der Waals surface area (Å²) >= 11 is 0. The molecule has 0 saturated carbocycles. The molecule has 0 atom stereocenters. The first-order valence-electron chi connectivity index (χ1n) is 9.05. The number of carbonyl (C=O) groups is 1. The number of benzene rings is 2. The van der Waals surface area contributed by atoms with Crippen molar-refractivity contribution < 1.29 is 17.9 Å². The zero-order valence-electron chi connectivity index (χ0n) is 17.0. The van der Waals surface area contributed by atoms with Crippen molar-refractivity contribution in [3.05, 3.63) is 53.6 Å². The third-order valence-corrected chi connectivity index (χ3v) is 5.19. The molecule has 2 aromatic carbocycles. The number of hydrogen-bond donors (Lipinski definition) is 2. The number of sulfonamides is 1. The van der Waals surface area contributed by atoms with Gasteiger partial charge in [-0.2, -0.15) is 0 Å². The van der Waals surface area contributed by atoms with Crippen LogP contribution in [0.4, 0.5) is 5.69 Å². The molecule has 6 nitrogen and oxygen atoms in total. The van der Waals surface area contributed by atoms with E-state index in [2.05, 4.69) is 10.0 Å². The molecule has 0 radical (unpaired) electrons. The first-order chi connectivity index (χ1) is 12.9. The van der Waals surface area contributed by atoms with Crippen molar-refractivity contribution in [2.75, 3.05) is 17.9 Å². The largest absolute Gasteiger partial charge is 0.484 e. The van der Waals surface area contributed by atoms with Gasteiger partial charge in [-0.3, -0.25) is 9.52 Å². The lowest BCUT2D eigenvalue weighted by Gasteiger charge is -2.18. The molecule has 0 aliphatic heterocycles. The molecular weight excluding hydrogens is 376 g/mol. The van der Waals surface area contributed by atoms with Gasteiger partial charge in [0.05, 0.1) is 4.90 Å². The van der Waals surface area contributed by atoms with Crippen molar-refractivity contribution in [3.63, 3.8) is 0 Å². The van der Waals surface area contributed by atoms with E-state index in [1.807, 2.05) is 40.7 Å². The van der Waals surface area contributed by atoms with Crippen LogP contribution in [0.25, 0.3) is 0 Å². The van der Waals surface area contributed by atoms with Gasteiger partial charge in [0, 0.05) is 12.2 Å². The normalized spacial score (nSPS) is 11.8. The van der Waals surface area contributed by atoms with E-state index in [9.17, 15) is 13.2 Å². The Bertz CT molecular complexity index is 910. The fourth-order valence-electron chi connectivity index (χ4n) is 2.53. The van der Waals surface area contributed by atoms with Crippen molar-refractivity contribution >= 4 is 21.6 Å². The maximum absolute atomic E-state index is 12.6. The Morgan fingerprint density at radius 3 is 2.11 bits per heavy atom. The number of ether oxygens (including phenoxy) is 1. The van der Waals surface area contributed by atoms with Crippen LogP contribution in [0.5, 0.6) is 5.75 Å². The smallest absolute Gasteiger partial charge is 0.261 e. The number of anilines is 1. The predicted molar refractivity (Wildman–Crippen MR) is 111 cm³/mol. The van der Waals surface area contributed by atoms with E-state index in [4.69, 9.17) is 4.74 Å². The maximum Gasteiger partial charge on any atom is 0.261 e. The van der Waals surface area contributed by atoms with E-state index in [0.717, 1.165) is 11.1 Å². The summed E-state index contributed by atoms with van der Waals surface area (Å²) in [6.07, 6.45) is 0. The van der Waals surface area contributed by atoms with E-state index in [0.29, 0.717) is 18.0 Å². The molecule has 2 N–H and O–H groups in total. The van der Waals surface area contributed by atoms with Crippen LogP contribution in [0, 0.1) is 19.3 Å². The summed E-state index contributed by atoms with van der Waals surface area (Å²) in [6.45, 7) is 10.3. The molecule has 0 bridgehead atoms. The van der Waals surface area contributed by atoms with Gasteiger partial charge in [0.1, 0.15) is 5.75 Å². The molecule has 0 fully saturated rings. The predicted octanol–water partition coefficient (Wildman–Crippen LogP) is 3.65. The number of nitrogens with one attached hydrogen (secondary N) is 2. The van der Waals surface area contributed by atoms with Gasteiger partial charge in [-0.15, -0.1) is 0 Å². The second kappa shape index (κ2) is 8.65. The quantitative estimate of drug-likeness (QED) is 0.738. The Morgan fingerprint density at radius 1 is 1.00 bits per heavy atom. The van der Waals surface area contributed by atoms with Crippen LogP contribution >= 0.6 is 0 Å². The van der Waals surface area contributed by atoms with Crippen molar-refractivity contribution in [1.82, 2.24) is 5.32 Å². The lowest BCUT2D eigenvalue weighted by molar-refractivity contribution is -0.123. The van der Waals surface area contributed by atoms with E-state index in [1.165, 1.54) is 24.3 Å². The molecule has 2 aromatic rings. The van der Waals surface area contributed by atoms with Gasteiger partial charge in [-0.05, 0) is 66.8 Å². The molecule has 0 aliphatic carbocycles. The number of amides is 1. The summed E-state index contributed by atoms with van der Waals surface area (Å²) in [7, 11) is -3.70. The molecule has 152 valence electrons. The highest BCUT2D eigenvalue weighted by molar-refractivity contribution is 7.92. The van der Waals surface area contributed by atoms with Gasteiger partial charge < -0.3 is 10.1 Å². The van der Waals surface area contributed by atoms with Gasteiger partial charge in [0.2, 0.25) is 0 Å². The van der Waals surface area contributed by atoms with Crippen LogP contribution in [-0.2, 0) is 14.8 Å². The minimum atomic E-state index is -3.70. The molecule has 7 heteroatoms. The van der Waals surface area contributed by atoms with Gasteiger partial charge in [-0.1, -0.05) is 26.8 Å². The third kappa shape index (κ3) is 6.88. The van der Waals surface area contributed by atoms with E-state index < -0.39 is 10.0 Å². The highest BCUT2D eigenvalue weighted by atomic mass is 32.2. The first kappa shape index (κ1) is 21.8. The third-order valence-electron chi connectivity index (χ3n) is 3.79. The second-order valence-electron chi connectivity index (χ2n) is 8.08. The van der Waals surface area contributed by atoms with Gasteiger partial charge in [0.25, 0.3) is 15.9 Å². The Morgan fingerprint density at radius 2 is 1.57 bits per heavy atom. The highest BCUT2D eigenvalue weighted by Gasteiger charge is 2.15. The number of rotatable bonds is 7. The Labute approximate surface area is 167 Å². The number of carbonyl (C=O) groups excluding carboxylic acids is 1. The van der Waals surface area contributed by atoms with E-state index >= 15 is 0 Å². The van der Waals surface area contributed by atoms with E-state index in [1.54, 1.807) is 12.1 Å². The van der Waals surface area contributed by atoms with Crippen LogP contribution in [0.1, 0.15) is 31.9 Å². The monoisotopic (exact) mass is 404 g/mol. The number of hydrogen-bond acceptors (Lipinski definition) is 4. The Balaban J connectivity index is 1.98. The fraction of sp³-hybridized carbons (Fsp3) is 0.381. The number of aryl methyl sites for hydroxylation is 2. The molecule has 1 amide bonds. The minimum Gasteiger partial charge on any atom is -0.484 e. The zero-order chi connectivity index (χ0) is 20.9. The van der Waals surface area contributed by atoms with Crippen molar-refractivity contribution in [3.8, 4) is 5.75 Å². The van der Waals surface area contributed by atoms with Crippen LogP contribution in [0.2, 0.25) is 0 Å². The van der Waals surface area contributed by atoms with Crippen molar-refractivity contribution in [2.45, 2.75) is 39.5 Å². The van der Waals surface area contributed by atoms with Crippen LogP contribution in [-0.4, -0.2) is 27.5 Å². The molecule has 0 aliphatic rings. The molecule has 0 spiro atoms. The second-order valence-corrected chi connectivity index (χ2v) is 9.76. The molecule has 0 saturated heterocycles. The topological polar surface area (TPSA) is 84.5 Å². The van der Waals surface area contributed by atoms with Crippen LogP contribution < -0.4 is 14.8 Å². The Hall–Kier alpha value is -2.54. The zero-order valence-corrected chi connectivity index (χ0v) is 17.8.